The summed E-state index contributed by atoms with van der Waals surface area (Å²) in [5, 5.41) is 3.24. The van der Waals surface area contributed by atoms with E-state index >= 15 is 0 Å². The number of amides is 1. The number of para-hydroxylation sites is 2. The summed E-state index contributed by atoms with van der Waals surface area (Å²) in [6.45, 7) is 2.24. The van der Waals surface area contributed by atoms with Crippen LogP contribution in [0.15, 0.2) is 24.3 Å². The van der Waals surface area contributed by atoms with Crippen molar-refractivity contribution in [2.24, 2.45) is 23.2 Å². The first-order chi connectivity index (χ1) is 12.1. The third-order valence-electron chi connectivity index (χ3n) is 6.81. The molecule has 4 fully saturated rings. The third-order valence-corrected chi connectivity index (χ3v) is 6.81. The monoisotopic (exact) mass is 343 g/mol. The van der Waals surface area contributed by atoms with E-state index in [4.69, 9.17) is 9.47 Å². The van der Waals surface area contributed by atoms with Crippen LogP contribution in [0, 0.1) is 23.2 Å². The Morgan fingerprint density at radius 2 is 1.68 bits per heavy atom. The van der Waals surface area contributed by atoms with Crippen LogP contribution in [0.2, 0.25) is 0 Å². The van der Waals surface area contributed by atoms with Gasteiger partial charge in [0.05, 0.1) is 7.11 Å². The number of hydrogen-bond donors (Lipinski definition) is 1. The van der Waals surface area contributed by atoms with E-state index in [1.807, 2.05) is 24.3 Å². The van der Waals surface area contributed by atoms with E-state index in [1.165, 1.54) is 38.5 Å². The molecular formula is C21H29NO3. The van der Waals surface area contributed by atoms with Crippen molar-refractivity contribution in [3.63, 3.8) is 0 Å². The Morgan fingerprint density at radius 1 is 1.12 bits per heavy atom. The van der Waals surface area contributed by atoms with E-state index in [2.05, 4.69) is 12.2 Å². The molecule has 1 atom stereocenters. The van der Waals surface area contributed by atoms with Gasteiger partial charge in [0, 0.05) is 6.04 Å². The van der Waals surface area contributed by atoms with Crippen LogP contribution in [0.3, 0.4) is 0 Å². The summed E-state index contributed by atoms with van der Waals surface area (Å²) in [7, 11) is 1.61. The highest BCUT2D eigenvalue weighted by atomic mass is 16.5. The van der Waals surface area contributed by atoms with Gasteiger partial charge in [-0.25, -0.2) is 0 Å². The summed E-state index contributed by atoms with van der Waals surface area (Å²) < 4.78 is 10.9. The molecule has 1 aromatic carbocycles. The highest BCUT2D eigenvalue weighted by Gasteiger charge is 2.53. The number of benzene rings is 1. The lowest BCUT2D eigenvalue weighted by Gasteiger charge is -2.59. The molecule has 0 spiro atoms. The van der Waals surface area contributed by atoms with Gasteiger partial charge < -0.3 is 14.8 Å². The van der Waals surface area contributed by atoms with Crippen LogP contribution in [-0.4, -0.2) is 25.7 Å². The molecule has 25 heavy (non-hydrogen) atoms. The van der Waals surface area contributed by atoms with Gasteiger partial charge in [-0.05, 0) is 80.8 Å². The van der Waals surface area contributed by atoms with Crippen LogP contribution < -0.4 is 14.8 Å². The Kier molecular flexibility index (Phi) is 4.38. The second kappa shape index (κ2) is 6.54. The van der Waals surface area contributed by atoms with E-state index in [-0.39, 0.29) is 18.6 Å². The van der Waals surface area contributed by atoms with Gasteiger partial charge in [-0.15, -0.1) is 0 Å². The predicted octanol–water partition coefficient (Wildman–Crippen LogP) is 3.80. The van der Waals surface area contributed by atoms with Crippen molar-refractivity contribution in [2.75, 3.05) is 13.7 Å². The van der Waals surface area contributed by atoms with Gasteiger partial charge in [0.25, 0.3) is 5.91 Å². The first-order valence-electron chi connectivity index (χ1n) is 9.63. The summed E-state index contributed by atoms with van der Waals surface area (Å²) in [5.74, 6) is 3.93. The Hall–Kier alpha value is -1.71. The number of rotatable bonds is 6. The highest BCUT2D eigenvalue weighted by molar-refractivity contribution is 5.78. The quantitative estimate of drug-likeness (QED) is 0.855. The van der Waals surface area contributed by atoms with Crippen LogP contribution in [0.4, 0.5) is 0 Å². The van der Waals surface area contributed by atoms with Crippen LogP contribution in [-0.2, 0) is 4.79 Å². The predicted molar refractivity (Wildman–Crippen MR) is 96.7 cm³/mol. The van der Waals surface area contributed by atoms with Crippen molar-refractivity contribution in [1.29, 1.82) is 0 Å². The van der Waals surface area contributed by atoms with Crippen molar-refractivity contribution >= 4 is 5.91 Å². The van der Waals surface area contributed by atoms with Crippen LogP contribution in [0.5, 0.6) is 11.5 Å². The summed E-state index contributed by atoms with van der Waals surface area (Å²) in [5.41, 5.74) is 0.328. The molecule has 4 saturated carbocycles. The standard InChI is InChI=1S/C21H29NO3/c1-14(21-10-15-7-16(11-21)9-17(8-15)12-21)22-20(23)13-25-19-6-4-3-5-18(19)24-2/h3-6,14-17H,7-13H2,1-2H3,(H,22,23)/t14-,15?,16?,17?,21?/m1/s1. The van der Waals surface area contributed by atoms with E-state index in [1.54, 1.807) is 7.11 Å². The minimum atomic E-state index is -0.0332. The molecule has 0 heterocycles. The van der Waals surface area contributed by atoms with Gasteiger partial charge in [-0.3, -0.25) is 4.79 Å². The second-order valence-corrected chi connectivity index (χ2v) is 8.51. The molecule has 1 aromatic rings. The minimum Gasteiger partial charge on any atom is -0.493 e. The third kappa shape index (κ3) is 3.23. The van der Waals surface area contributed by atoms with Crippen LogP contribution >= 0.6 is 0 Å². The molecule has 1 amide bonds. The molecule has 0 radical (unpaired) electrons. The zero-order valence-corrected chi connectivity index (χ0v) is 15.3. The summed E-state index contributed by atoms with van der Waals surface area (Å²) >= 11 is 0. The number of nitrogens with one attached hydrogen (secondary N) is 1. The number of methoxy groups -OCH3 is 1. The number of carbonyl (C=O) groups is 1. The number of ether oxygens (including phenoxy) is 2. The fourth-order valence-electron chi connectivity index (χ4n) is 6.03. The molecular weight excluding hydrogens is 314 g/mol. The molecule has 4 aliphatic rings. The molecule has 1 N–H and O–H groups in total. The molecule has 4 aliphatic carbocycles. The van der Waals surface area contributed by atoms with Gasteiger partial charge in [0.2, 0.25) is 0 Å². The first kappa shape index (κ1) is 16.7. The average molecular weight is 343 g/mol. The maximum absolute atomic E-state index is 12.4. The smallest absolute Gasteiger partial charge is 0.258 e. The SMILES string of the molecule is COc1ccccc1OCC(=O)N[C@H](C)C12CC3CC(CC(C3)C1)C2. The summed E-state index contributed by atoms with van der Waals surface area (Å²) in [4.78, 5) is 12.4. The molecule has 4 nitrogen and oxygen atoms in total. The highest BCUT2D eigenvalue weighted by Crippen LogP contribution is 2.61. The number of hydrogen-bond acceptors (Lipinski definition) is 3. The molecule has 136 valence electrons. The van der Waals surface area contributed by atoms with Crippen molar-refractivity contribution in [3.05, 3.63) is 24.3 Å². The lowest BCUT2D eigenvalue weighted by atomic mass is 9.48. The largest absolute Gasteiger partial charge is 0.493 e. The minimum absolute atomic E-state index is 0.0332. The Morgan fingerprint density at radius 3 is 2.24 bits per heavy atom. The average Bonchev–Trinajstić information content (AvgIpc) is 2.59. The zero-order chi connectivity index (χ0) is 17.4. The molecule has 0 aromatic heterocycles. The fourth-order valence-corrected chi connectivity index (χ4v) is 6.03. The normalized spacial score (nSPS) is 33.8. The van der Waals surface area contributed by atoms with Crippen molar-refractivity contribution in [1.82, 2.24) is 5.32 Å². The maximum Gasteiger partial charge on any atom is 0.258 e. The van der Waals surface area contributed by atoms with E-state index in [0.717, 1.165) is 17.8 Å². The Labute approximate surface area is 150 Å². The van der Waals surface area contributed by atoms with E-state index < -0.39 is 0 Å². The van der Waals surface area contributed by atoms with Crippen molar-refractivity contribution in [3.8, 4) is 11.5 Å². The summed E-state index contributed by atoms with van der Waals surface area (Å²) in [6, 6.07) is 7.67. The second-order valence-electron chi connectivity index (χ2n) is 8.51. The maximum atomic E-state index is 12.4. The molecule has 4 heteroatoms. The molecule has 0 saturated heterocycles. The first-order valence-corrected chi connectivity index (χ1v) is 9.63. The van der Waals surface area contributed by atoms with Crippen LogP contribution in [0.1, 0.15) is 45.4 Å². The Balaban J connectivity index is 1.35. The lowest BCUT2D eigenvalue weighted by Crippen LogP contribution is -2.56. The molecule has 4 bridgehead atoms. The Bertz CT molecular complexity index is 606. The van der Waals surface area contributed by atoms with Gasteiger partial charge >= 0.3 is 0 Å². The van der Waals surface area contributed by atoms with Gasteiger partial charge in [0.15, 0.2) is 18.1 Å². The zero-order valence-electron chi connectivity index (χ0n) is 15.3. The van der Waals surface area contributed by atoms with E-state index in [0.29, 0.717) is 16.9 Å². The van der Waals surface area contributed by atoms with Crippen molar-refractivity contribution < 1.29 is 14.3 Å². The van der Waals surface area contributed by atoms with Crippen molar-refractivity contribution in [2.45, 2.75) is 51.5 Å². The number of carbonyl (C=O) groups excluding carboxylic acids is 1. The molecule has 5 rings (SSSR count). The summed E-state index contributed by atoms with van der Waals surface area (Å²) in [6.07, 6.45) is 8.18. The fraction of sp³-hybridized carbons (Fsp3) is 0.667. The van der Waals surface area contributed by atoms with Crippen LogP contribution in [0.25, 0.3) is 0 Å². The van der Waals surface area contributed by atoms with Gasteiger partial charge in [-0.2, -0.15) is 0 Å². The lowest BCUT2D eigenvalue weighted by molar-refractivity contribution is -0.127. The topological polar surface area (TPSA) is 47.6 Å². The molecule has 0 aliphatic heterocycles. The molecule has 0 unspecified atom stereocenters. The van der Waals surface area contributed by atoms with Gasteiger partial charge in [0.1, 0.15) is 0 Å². The van der Waals surface area contributed by atoms with E-state index in [9.17, 15) is 4.79 Å². The van der Waals surface area contributed by atoms with Gasteiger partial charge in [-0.1, -0.05) is 12.1 Å².